The van der Waals surface area contributed by atoms with Crippen molar-refractivity contribution in [1.29, 1.82) is 0 Å². The average molecular weight is 457 g/mol. The summed E-state index contributed by atoms with van der Waals surface area (Å²) in [6, 6.07) is 15.9. The number of rotatable bonds is 7. The van der Waals surface area contributed by atoms with Crippen molar-refractivity contribution < 1.29 is 13.9 Å². The number of benzene rings is 2. The lowest BCUT2D eigenvalue weighted by Gasteiger charge is -2.37. The van der Waals surface area contributed by atoms with Crippen molar-refractivity contribution in [2.45, 2.75) is 23.9 Å². The fourth-order valence-corrected chi connectivity index (χ4v) is 4.33. The molecule has 1 fully saturated rings. The van der Waals surface area contributed by atoms with Crippen LogP contribution in [0.5, 0.6) is 5.75 Å². The number of para-hydroxylation sites is 1. The number of nitrogen functional groups attached to an aromatic ring is 1. The Morgan fingerprint density at radius 1 is 1.09 bits per heavy atom. The Balaban J connectivity index is 1.29. The number of hydrogen-bond acceptors (Lipinski definition) is 7. The molecule has 4 rings (SSSR count). The van der Waals surface area contributed by atoms with Gasteiger partial charge in [0, 0.05) is 31.9 Å². The molecule has 2 heterocycles. The molecule has 8 nitrogen and oxygen atoms in total. The third kappa shape index (κ3) is 5.13. The Hall–Kier alpha value is -3.27. The predicted molar refractivity (Wildman–Crippen MR) is 121 cm³/mol. The SMILES string of the molecule is CC(Sc1nnc(COc2ccc(F)cc2)n1N)C(=O)N1CCN(c2ccccc2)CC1. The summed E-state index contributed by atoms with van der Waals surface area (Å²) >= 11 is 1.27. The van der Waals surface area contributed by atoms with Crippen LogP contribution in [0.3, 0.4) is 0 Å². The summed E-state index contributed by atoms with van der Waals surface area (Å²) in [5, 5.41) is 8.23. The van der Waals surface area contributed by atoms with Crippen LogP contribution >= 0.6 is 11.8 Å². The van der Waals surface area contributed by atoms with E-state index in [2.05, 4.69) is 27.2 Å². The van der Waals surface area contributed by atoms with Crippen LogP contribution in [-0.4, -0.2) is 57.1 Å². The molecule has 1 amide bonds. The topological polar surface area (TPSA) is 89.5 Å². The maximum atomic E-state index is 13.0. The highest BCUT2D eigenvalue weighted by molar-refractivity contribution is 8.00. The van der Waals surface area contributed by atoms with Gasteiger partial charge in [0.15, 0.2) is 5.82 Å². The van der Waals surface area contributed by atoms with Gasteiger partial charge in [-0.2, -0.15) is 0 Å². The van der Waals surface area contributed by atoms with Gasteiger partial charge >= 0.3 is 0 Å². The molecule has 1 unspecified atom stereocenters. The maximum Gasteiger partial charge on any atom is 0.236 e. The maximum absolute atomic E-state index is 13.0. The van der Waals surface area contributed by atoms with Gasteiger partial charge in [0.2, 0.25) is 11.1 Å². The highest BCUT2D eigenvalue weighted by Crippen LogP contribution is 2.24. The van der Waals surface area contributed by atoms with Crippen molar-refractivity contribution in [1.82, 2.24) is 19.8 Å². The molecular weight excluding hydrogens is 431 g/mol. The van der Waals surface area contributed by atoms with Crippen molar-refractivity contribution in [3.63, 3.8) is 0 Å². The van der Waals surface area contributed by atoms with E-state index >= 15 is 0 Å². The highest BCUT2D eigenvalue weighted by atomic mass is 32.2. The van der Waals surface area contributed by atoms with E-state index in [1.54, 1.807) is 0 Å². The van der Waals surface area contributed by atoms with E-state index in [1.807, 2.05) is 30.0 Å². The number of nitrogens with zero attached hydrogens (tertiary/aromatic N) is 5. The molecular formula is C22H25FN6O2S. The molecule has 1 aliphatic heterocycles. The second-order valence-electron chi connectivity index (χ2n) is 7.42. The monoisotopic (exact) mass is 456 g/mol. The van der Waals surface area contributed by atoms with Crippen LogP contribution < -0.4 is 15.5 Å². The minimum Gasteiger partial charge on any atom is -0.486 e. The molecule has 1 aliphatic rings. The van der Waals surface area contributed by atoms with E-state index < -0.39 is 0 Å². The number of aromatic nitrogens is 3. The molecule has 10 heteroatoms. The van der Waals surface area contributed by atoms with Gasteiger partial charge in [-0.1, -0.05) is 30.0 Å². The summed E-state index contributed by atoms with van der Waals surface area (Å²) in [5.41, 5.74) is 1.17. The summed E-state index contributed by atoms with van der Waals surface area (Å²) in [7, 11) is 0. The summed E-state index contributed by atoms with van der Waals surface area (Å²) in [6.45, 7) is 4.87. The van der Waals surface area contributed by atoms with E-state index in [1.165, 1.54) is 46.4 Å². The normalized spacial score (nSPS) is 14.9. The largest absolute Gasteiger partial charge is 0.486 e. The quantitative estimate of drug-likeness (QED) is 0.432. The average Bonchev–Trinajstić information content (AvgIpc) is 3.18. The smallest absolute Gasteiger partial charge is 0.236 e. The Kier molecular flexibility index (Phi) is 6.79. The number of piperazine rings is 1. The fourth-order valence-electron chi connectivity index (χ4n) is 3.45. The molecule has 0 radical (unpaired) electrons. The number of hydrogen-bond donors (Lipinski definition) is 1. The number of thioether (sulfide) groups is 1. The predicted octanol–water partition coefficient (Wildman–Crippen LogP) is 2.54. The molecule has 1 aromatic heterocycles. The van der Waals surface area contributed by atoms with Crippen molar-refractivity contribution in [3.05, 3.63) is 66.2 Å². The van der Waals surface area contributed by atoms with Crippen molar-refractivity contribution in [2.75, 3.05) is 36.9 Å². The summed E-state index contributed by atoms with van der Waals surface area (Å²) in [4.78, 5) is 17.1. The van der Waals surface area contributed by atoms with Crippen molar-refractivity contribution >= 4 is 23.4 Å². The van der Waals surface area contributed by atoms with Gasteiger partial charge in [-0.05, 0) is 43.3 Å². The Bertz CT molecular complexity index is 1040. The fraction of sp³-hybridized carbons (Fsp3) is 0.318. The zero-order valence-corrected chi connectivity index (χ0v) is 18.5. The van der Waals surface area contributed by atoms with E-state index in [0.717, 1.165) is 13.1 Å². The van der Waals surface area contributed by atoms with Gasteiger partial charge in [-0.25, -0.2) is 9.07 Å². The number of amides is 1. The van der Waals surface area contributed by atoms with Crippen LogP contribution in [0.25, 0.3) is 0 Å². The van der Waals surface area contributed by atoms with Crippen molar-refractivity contribution in [2.24, 2.45) is 0 Å². The minimum absolute atomic E-state index is 0.0508. The van der Waals surface area contributed by atoms with E-state index in [-0.39, 0.29) is 23.6 Å². The molecule has 1 saturated heterocycles. The molecule has 0 spiro atoms. The van der Waals surface area contributed by atoms with Crippen LogP contribution in [0.1, 0.15) is 12.7 Å². The molecule has 0 bridgehead atoms. The van der Waals surface area contributed by atoms with Crippen LogP contribution in [0.2, 0.25) is 0 Å². The van der Waals surface area contributed by atoms with Gasteiger partial charge < -0.3 is 20.4 Å². The summed E-state index contributed by atoms with van der Waals surface area (Å²) in [6.07, 6.45) is 0. The zero-order chi connectivity index (χ0) is 22.5. The first-order valence-corrected chi connectivity index (χ1v) is 11.2. The van der Waals surface area contributed by atoms with Gasteiger partial charge in [-0.15, -0.1) is 10.2 Å². The number of anilines is 1. The van der Waals surface area contributed by atoms with Gasteiger partial charge in [0.1, 0.15) is 18.2 Å². The standard InChI is InChI=1S/C22H25FN6O2S/c1-16(21(30)28-13-11-27(12-14-28)18-5-3-2-4-6-18)32-22-26-25-20(29(22)24)15-31-19-9-7-17(23)8-10-19/h2-10,16H,11-15,24H2,1H3. The lowest BCUT2D eigenvalue weighted by molar-refractivity contribution is -0.130. The minimum atomic E-state index is -0.351. The number of carbonyl (C=O) groups excluding carboxylic acids is 1. The first kappa shape index (κ1) is 21.9. The van der Waals surface area contributed by atoms with Gasteiger partial charge in [0.25, 0.3) is 0 Å². The third-order valence-electron chi connectivity index (χ3n) is 5.26. The molecule has 2 N–H and O–H groups in total. The van der Waals surface area contributed by atoms with E-state index in [0.29, 0.717) is 29.8 Å². The summed E-state index contributed by atoms with van der Waals surface area (Å²) in [5.74, 6) is 6.73. The number of ether oxygens (including phenoxy) is 1. The third-order valence-corrected chi connectivity index (χ3v) is 6.30. The number of halogens is 1. The molecule has 0 aliphatic carbocycles. The zero-order valence-electron chi connectivity index (χ0n) is 17.7. The molecule has 32 heavy (non-hydrogen) atoms. The molecule has 168 valence electrons. The highest BCUT2D eigenvalue weighted by Gasteiger charge is 2.27. The van der Waals surface area contributed by atoms with Crippen LogP contribution in [-0.2, 0) is 11.4 Å². The first-order chi connectivity index (χ1) is 15.5. The first-order valence-electron chi connectivity index (χ1n) is 10.3. The molecule has 3 aromatic rings. The molecule has 0 saturated carbocycles. The van der Waals surface area contributed by atoms with Crippen molar-refractivity contribution in [3.8, 4) is 5.75 Å². The van der Waals surface area contributed by atoms with E-state index in [9.17, 15) is 9.18 Å². The lowest BCUT2D eigenvalue weighted by atomic mass is 10.2. The second kappa shape index (κ2) is 9.90. The Labute approximate surface area is 190 Å². The van der Waals surface area contributed by atoms with Crippen LogP contribution in [0.4, 0.5) is 10.1 Å². The second-order valence-corrected chi connectivity index (χ2v) is 8.73. The van der Waals surface area contributed by atoms with Gasteiger partial charge in [0.05, 0.1) is 5.25 Å². The lowest BCUT2D eigenvalue weighted by Crippen LogP contribution is -2.50. The molecule has 2 aromatic carbocycles. The van der Waals surface area contributed by atoms with E-state index in [4.69, 9.17) is 10.6 Å². The van der Waals surface area contributed by atoms with Crippen LogP contribution in [0, 0.1) is 5.82 Å². The Morgan fingerprint density at radius 3 is 2.47 bits per heavy atom. The summed E-state index contributed by atoms with van der Waals surface area (Å²) < 4.78 is 19.9. The Morgan fingerprint density at radius 2 is 1.78 bits per heavy atom. The van der Waals surface area contributed by atoms with Crippen LogP contribution in [0.15, 0.2) is 59.8 Å². The molecule has 1 atom stereocenters. The number of nitrogens with two attached hydrogens (primary N) is 1. The van der Waals surface area contributed by atoms with Gasteiger partial charge in [-0.3, -0.25) is 4.79 Å². The number of carbonyl (C=O) groups is 1.